The zero-order valence-corrected chi connectivity index (χ0v) is 18.3. The van der Waals surface area contributed by atoms with Crippen LogP contribution in [0.2, 0.25) is 5.02 Å². The van der Waals surface area contributed by atoms with Crippen molar-refractivity contribution in [2.24, 2.45) is 0 Å². The summed E-state index contributed by atoms with van der Waals surface area (Å²) in [6.45, 7) is 1.13. The van der Waals surface area contributed by atoms with E-state index in [-0.39, 0.29) is 5.91 Å². The number of methoxy groups -OCH3 is 1. The molecule has 0 saturated heterocycles. The highest BCUT2D eigenvalue weighted by atomic mass is 35.5. The van der Waals surface area contributed by atoms with Gasteiger partial charge in [-0.2, -0.15) is 9.61 Å². The van der Waals surface area contributed by atoms with E-state index in [4.69, 9.17) is 24.2 Å². The number of aromatic nitrogens is 3. The molecule has 160 valence electrons. The summed E-state index contributed by atoms with van der Waals surface area (Å²) in [5.74, 6) is 1.33. The first-order valence-electron chi connectivity index (χ1n) is 10.1. The standard InChI is InChI=1S/C23H21BClN5O2/c1-32-16-9-7-15(8-10-16)23(31)27-12-4-11-26-21-13-20(17-5-2-3-6-19(17)25)29-22-18(24)14-28-30(21)22/h2-3,5-10,13-14,26H,4,11-12H2,1H3,(H,27,31). The highest BCUT2D eigenvalue weighted by molar-refractivity contribution is 6.36. The molecule has 2 N–H and O–H groups in total. The number of nitrogens with one attached hydrogen (secondary N) is 2. The number of benzene rings is 2. The van der Waals surface area contributed by atoms with Crippen LogP contribution in [0.25, 0.3) is 16.9 Å². The van der Waals surface area contributed by atoms with E-state index >= 15 is 0 Å². The molecule has 2 radical (unpaired) electrons. The van der Waals surface area contributed by atoms with Crippen LogP contribution >= 0.6 is 11.6 Å². The minimum atomic E-state index is -0.125. The first-order valence-corrected chi connectivity index (χ1v) is 10.5. The number of halogens is 1. The topological polar surface area (TPSA) is 80.5 Å². The molecular weight excluding hydrogens is 425 g/mol. The van der Waals surface area contributed by atoms with E-state index in [1.165, 1.54) is 0 Å². The Balaban J connectivity index is 1.40. The summed E-state index contributed by atoms with van der Waals surface area (Å²) in [6.07, 6.45) is 2.28. The number of hydrogen-bond donors (Lipinski definition) is 2. The monoisotopic (exact) mass is 445 g/mol. The van der Waals surface area contributed by atoms with Gasteiger partial charge < -0.3 is 15.4 Å². The molecule has 2 aromatic heterocycles. The van der Waals surface area contributed by atoms with Crippen molar-refractivity contribution in [3.05, 3.63) is 71.4 Å². The molecule has 0 fully saturated rings. The van der Waals surface area contributed by atoms with Crippen LogP contribution < -0.4 is 20.8 Å². The molecule has 9 heteroatoms. The van der Waals surface area contributed by atoms with Crippen molar-refractivity contribution < 1.29 is 9.53 Å². The molecule has 2 aromatic carbocycles. The van der Waals surface area contributed by atoms with Gasteiger partial charge in [0.05, 0.1) is 12.8 Å². The van der Waals surface area contributed by atoms with Crippen LogP contribution in [0, 0.1) is 0 Å². The Bertz CT molecular complexity index is 1240. The maximum Gasteiger partial charge on any atom is 0.251 e. The van der Waals surface area contributed by atoms with E-state index in [1.807, 2.05) is 30.3 Å². The number of anilines is 1. The van der Waals surface area contributed by atoms with Crippen molar-refractivity contribution in [3.63, 3.8) is 0 Å². The molecular formula is C23H21BClN5O2. The SMILES string of the molecule is [B]c1cnn2c(NCCCNC(=O)c3ccc(OC)cc3)cc(-c3ccccc3Cl)nc12. The average Bonchev–Trinajstić information content (AvgIpc) is 3.19. The number of amides is 1. The van der Waals surface area contributed by atoms with Crippen LogP contribution in [-0.2, 0) is 0 Å². The third kappa shape index (κ3) is 4.70. The number of hydrogen-bond acceptors (Lipinski definition) is 5. The van der Waals surface area contributed by atoms with Gasteiger partial charge in [0.2, 0.25) is 0 Å². The molecule has 1 amide bonds. The van der Waals surface area contributed by atoms with Crippen molar-refractivity contribution in [2.45, 2.75) is 6.42 Å². The van der Waals surface area contributed by atoms with Gasteiger partial charge in [0.25, 0.3) is 5.91 Å². The van der Waals surface area contributed by atoms with Crippen molar-refractivity contribution in [2.75, 3.05) is 25.5 Å². The Kier molecular flexibility index (Phi) is 6.61. The second kappa shape index (κ2) is 9.74. The fourth-order valence-corrected chi connectivity index (χ4v) is 3.50. The Labute approximate surface area is 192 Å². The van der Waals surface area contributed by atoms with E-state index in [0.29, 0.717) is 52.6 Å². The predicted molar refractivity (Wildman–Crippen MR) is 127 cm³/mol. The summed E-state index contributed by atoms with van der Waals surface area (Å²) in [5, 5.41) is 11.2. The fraction of sp³-hybridized carbons (Fsp3) is 0.174. The number of nitrogens with zero attached hydrogens (tertiary/aromatic N) is 3. The highest BCUT2D eigenvalue weighted by Crippen LogP contribution is 2.28. The van der Waals surface area contributed by atoms with Crippen molar-refractivity contribution in [3.8, 4) is 17.0 Å². The lowest BCUT2D eigenvalue weighted by atomic mass is 10.0. The van der Waals surface area contributed by atoms with Crippen molar-refractivity contribution in [1.29, 1.82) is 0 Å². The summed E-state index contributed by atoms with van der Waals surface area (Å²) < 4.78 is 6.77. The Morgan fingerprint density at radius 2 is 1.94 bits per heavy atom. The maximum absolute atomic E-state index is 12.3. The van der Waals surface area contributed by atoms with Gasteiger partial charge in [-0.05, 0) is 42.2 Å². The van der Waals surface area contributed by atoms with Crippen LogP contribution in [-0.4, -0.2) is 48.6 Å². The Morgan fingerprint density at radius 3 is 2.69 bits per heavy atom. The van der Waals surface area contributed by atoms with Gasteiger partial charge in [-0.3, -0.25) is 4.79 Å². The first kappa shape index (κ1) is 21.7. The lowest BCUT2D eigenvalue weighted by Gasteiger charge is -2.12. The number of carbonyl (C=O) groups excluding carboxylic acids is 1. The predicted octanol–water partition coefficient (Wildman–Crippen LogP) is 3.08. The van der Waals surface area contributed by atoms with Gasteiger partial charge >= 0.3 is 0 Å². The number of rotatable bonds is 8. The minimum absolute atomic E-state index is 0.125. The summed E-state index contributed by atoms with van der Waals surface area (Å²) in [6, 6.07) is 16.4. The molecule has 7 nitrogen and oxygen atoms in total. The van der Waals surface area contributed by atoms with Crippen LogP contribution in [0.15, 0.2) is 60.8 Å². The molecule has 32 heavy (non-hydrogen) atoms. The molecule has 0 atom stereocenters. The molecule has 2 heterocycles. The van der Waals surface area contributed by atoms with E-state index in [1.54, 1.807) is 42.1 Å². The number of ether oxygens (including phenoxy) is 1. The largest absolute Gasteiger partial charge is 0.497 e. The summed E-state index contributed by atoms with van der Waals surface area (Å²) >= 11 is 6.36. The zero-order valence-electron chi connectivity index (χ0n) is 17.5. The Morgan fingerprint density at radius 1 is 1.16 bits per heavy atom. The number of fused-ring (bicyclic) bond motifs is 1. The van der Waals surface area contributed by atoms with Gasteiger partial charge in [-0.1, -0.05) is 29.8 Å². The molecule has 0 aliphatic carbocycles. The molecule has 4 rings (SSSR count). The minimum Gasteiger partial charge on any atom is -0.497 e. The van der Waals surface area contributed by atoms with E-state index < -0.39 is 0 Å². The van der Waals surface area contributed by atoms with E-state index in [9.17, 15) is 4.79 Å². The second-order valence-electron chi connectivity index (χ2n) is 7.11. The van der Waals surface area contributed by atoms with Gasteiger partial charge in [-0.15, -0.1) is 0 Å². The first-order chi connectivity index (χ1) is 15.6. The summed E-state index contributed by atoms with van der Waals surface area (Å²) in [5.41, 5.74) is 3.13. The maximum atomic E-state index is 12.3. The highest BCUT2D eigenvalue weighted by Gasteiger charge is 2.12. The van der Waals surface area contributed by atoms with Crippen LogP contribution in [0.1, 0.15) is 16.8 Å². The lowest BCUT2D eigenvalue weighted by molar-refractivity contribution is 0.0953. The molecule has 0 saturated carbocycles. The fourth-order valence-electron chi connectivity index (χ4n) is 3.26. The molecule has 0 unspecified atom stereocenters. The van der Waals surface area contributed by atoms with Crippen LogP contribution in [0.3, 0.4) is 0 Å². The molecule has 0 aliphatic rings. The molecule has 0 bridgehead atoms. The van der Waals surface area contributed by atoms with Gasteiger partial charge in [0, 0.05) is 41.5 Å². The quantitative estimate of drug-likeness (QED) is 0.322. The van der Waals surface area contributed by atoms with Crippen LogP contribution in [0.4, 0.5) is 5.82 Å². The normalized spacial score (nSPS) is 10.8. The van der Waals surface area contributed by atoms with Gasteiger partial charge in [0.1, 0.15) is 19.4 Å². The average molecular weight is 446 g/mol. The van der Waals surface area contributed by atoms with E-state index in [0.717, 1.165) is 11.4 Å². The summed E-state index contributed by atoms with van der Waals surface area (Å²) in [4.78, 5) is 16.9. The molecule has 0 spiro atoms. The smallest absolute Gasteiger partial charge is 0.251 e. The van der Waals surface area contributed by atoms with Gasteiger partial charge in [-0.25, -0.2) is 4.98 Å². The third-order valence-electron chi connectivity index (χ3n) is 4.95. The zero-order chi connectivity index (χ0) is 22.5. The number of carbonyl (C=O) groups is 1. The second-order valence-corrected chi connectivity index (χ2v) is 7.51. The lowest BCUT2D eigenvalue weighted by Crippen LogP contribution is -2.26. The summed E-state index contributed by atoms with van der Waals surface area (Å²) in [7, 11) is 7.64. The van der Waals surface area contributed by atoms with Crippen molar-refractivity contribution in [1.82, 2.24) is 19.9 Å². The molecule has 4 aromatic rings. The van der Waals surface area contributed by atoms with Crippen molar-refractivity contribution >= 4 is 42.3 Å². The van der Waals surface area contributed by atoms with Crippen LogP contribution in [0.5, 0.6) is 5.75 Å². The van der Waals surface area contributed by atoms with E-state index in [2.05, 4.69) is 20.7 Å². The van der Waals surface area contributed by atoms with Gasteiger partial charge in [0.15, 0.2) is 5.65 Å². The third-order valence-corrected chi connectivity index (χ3v) is 5.28. The Hall–Kier alpha value is -3.52. The molecule has 0 aliphatic heterocycles.